The van der Waals surface area contributed by atoms with Crippen molar-refractivity contribution in [2.24, 2.45) is 0 Å². The lowest BCUT2D eigenvalue weighted by atomic mass is 10.2. The number of nitrogens with zero attached hydrogens (tertiary/aromatic N) is 3. The minimum absolute atomic E-state index is 0.0694. The quantitative estimate of drug-likeness (QED) is 0.890. The Morgan fingerprint density at radius 3 is 2.53 bits per heavy atom. The van der Waals surface area contributed by atoms with Crippen LogP contribution in [0.15, 0.2) is 41.6 Å². The maximum atomic E-state index is 12.1. The summed E-state index contributed by atoms with van der Waals surface area (Å²) in [7, 11) is -3.39. The highest BCUT2D eigenvalue weighted by Gasteiger charge is 2.14. The van der Waals surface area contributed by atoms with Crippen LogP contribution in [0.3, 0.4) is 0 Å². The summed E-state index contributed by atoms with van der Waals surface area (Å²) in [5.41, 5.74) is 6.42. The van der Waals surface area contributed by atoms with E-state index in [-0.39, 0.29) is 17.2 Å². The molecule has 2 rings (SSSR count). The summed E-state index contributed by atoms with van der Waals surface area (Å²) in [4.78, 5) is 0.201. The minimum Gasteiger partial charge on any atom is -0.396 e. The number of aryl methyl sites for hydroxylation is 1. The van der Waals surface area contributed by atoms with Gasteiger partial charge in [0.05, 0.1) is 40.7 Å². The van der Waals surface area contributed by atoms with Crippen molar-refractivity contribution < 1.29 is 8.42 Å². The van der Waals surface area contributed by atoms with Gasteiger partial charge in [-0.05, 0) is 24.3 Å². The SMILES string of the molecule is N#Cc1ccc(S(=O)(=O)CCn2cc(N)cn2)cc1. The molecule has 2 N–H and O–H groups in total. The number of hydrogen-bond donors (Lipinski definition) is 1. The Morgan fingerprint density at radius 2 is 2.00 bits per heavy atom. The summed E-state index contributed by atoms with van der Waals surface area (Å²) >= 11 is 0. The molecule has 0 aliphatic carbocycles. The molecule has 0 bridgehead atoms. The van der Waals surface area contributed by atoms with E-state index in [4.69, 9.17) is 11.0 Å². The zero-order chi connectivity index (χ0) is 13.9. The summed E-state index contributed by atoms with van der Waals surface area (Å²) in [6.45, 7) is 0.236. The molecule has 0 spiro atoms. The zero-order valence-corrected chi connectivity index (χ0v) is 10.8. The number of aromatic nitrogens is 2. The van der Waals surface area contributed by atoms with Crippen LogP contribution in [0.5, 0.6) is 0 Å². The van der Waals surface area contributed by atoms with E-state index >= 15 is 0 Å². The Bertz CT molecular complexity index is 711. The van der Waals surface area contributed by atoms with E-state index in [1.165, 1.54) is 35.1 Å². The molecule has 1 heterocycles. The highest BCUT2D eigenvalue weighted by Crippen LogP contribution is 2.12. The average molecular weight is 276 g/mol. The molecule has 0 aliphatic heterocycles. The zero-order valence-electron chi connectivity index (χ0n) is 10.0. The van der Waals surface area contributed by atoms with Gasteiger partial charge in [0, 0.05) is 6.20 Å². The molecule has 6 nitrogen and oxygen atoms in total. The maximum Gasteiger partial charge on any atom is 0.180 e. The summed E-state index contributed by atoms with van der Waals surface area (Å²) in [5.74, 6) is -0.0694. The van der Waals surface area contributed by atoms with E-state index < -0.39 is 9.84 Å². The monoisotopic (exact) mass is 276 g/mol. The van der Waals surface area contributed by atoms with Crippen LogP contribution >= 0.6 is 0 Å². The third-order valence-electron chi connectivity index (χ3n) is 2.58. The van der Waals surface area contributed by atoms with Crippen molar-refractivity contribution in [1.29, 1.82) is 5.26 Å². The molecule has 1 aromatic heterocycles. The second-order valence-corrected chi connectivity index (χ2v) is 6.10. The topological polar surface area (TPSA) is 102 Å². The second kappa shape index (κ2) is 5.12. The lowest BCUT2D eigenvalue weighted by molar-refractivity contribution is 0.580. The number of sulfone groups is 1. The van der Waals surface area contributed by atoms with Gasteiger partial charge in [-0.1, -0.05) is 0 Å². The van der Waals surface area contributed by atoms with Gasteiger partial charge in [-0.2, -0.15) is 10.4 Å². The molecule has 0 saturated carbocycles. The molecule has 98 valence electrons. The van der Waals surface area contributed by atoms with Crippen LogP contribution < -0.4 is 5.73 Å². The van der Waals surface area contributed by atoms with E-state index in [1.807, 2.05) is 6.07 Å². The first-order chi connectivity index (χ1) is 9.01. The van der Waals surface area contributed by atoms with Crippen LogP contribution in [0, 0.1) is 11.3 Å². The van der Waals surface area contributed by atoms with E-state index in [1.54, 1.807) is 6.20 Å². The van der Waals surface area contributed by atoms with Crippen LogP contribution in [-0.2, 0) is 16.4 Å². The number of anilines is 1. The van der Waals surface area contributed by atoms with Crippen molar-refractivity contribution in [3.8, 4) is 6.07 Å². The fourth-order valence-electron chi connectivity index (χ4n) is 1.57. The molecule has 2 aromatic rings. The van der Waals surface area contributed by atoms with Gasteiger partial charge < -0.3 is 5.73 Å². The minimum atomic E-state index is -3.39. The highest BCUT2D eigenvalue weighted by atomic mass is 32.2. The molecular weight excluding hydrogens is 264 g/mol. The van der Waals surface area contributed by atoms with Crippen LogP contribution in [0.1, 0.15) is 5.56 Å². The molecule has 0 amide bonds. The van der Waals surface area contributed by atoms with Crippen molar-refractivity contribution >= 4 is 15.5 Å². The summed E-state index contributed by atoms with van der Waals surface area (Å²) in [6, 6.07) is 7.78. The molecular formula is C12H12N4O2S. The van der Waals surface area contributed by atoms with Gasteiger partial charge in [0.2, 0.25) is 0 Å². The van der Waals surface area contributed by atoms with E-state index in [9.17, 15) is 8.42 Å². The molecule has 0 atom stereocenters. The molecule has 0 aliphatic rings. The van der Waals surface area contributed by atoms with Gasteiger partial charge in [-0.15, -0.1) is 0 Å². The van der Waals surface area contributed by atoms with Gasteiger partial charge in [-0.25, -0.2) is 8.42 Å². The molecule has 1 aromatic carbocycles. The fraction of sp³-hybridized carbons (Fsp3) is 0.167. The van der Waals surface area contributed by atoms with Gasteiger partial charge in [0.15, 0.2) is 9.84 Å². The number of rotatable bonds is 4. The van der Waals surface area contributed by atoms with Crippen LogP contribution in [0.2, 0.25) is 0 Å². The standard InChI is InChI=1S/C12H12N4O2S/c13-7-10-1-3-12(4-2-10)19(17,18)6-5-16-9-11(14)8-15-16/h1-4,8-9H,5-6,14H2. The van der Waals surface area contributed by atoms with Gasteiger partial charge in [0.25, 0.3) is 0 Å². The first-order valence-electron chi connectivity index (χ1n) is 5.52. The lowest BCUT2D eigenvalue weighted by Gasteiger charge is -2.04. The van der Waals surface area contributed by atoms with Gasteiger partial charge in [-0.3, -0.25) is 4.68 Å². The normalized spacial score (nSPS) is 11.1. The van der Waals surface area contributed by atoms with Crippen LogP contribution in [-0.4, -0.2) is 24.0 Å². The molecule has 0 fully saturated rings. The molecule has 7 heteroatoms. The first kappa shape index (κ1) is 13.1. The Kier molecular flexibility index (Phi) is 3.53. The second-order valence-electron chi connectivity index (χ2n) is 3.99. The first-order valence-corrected chi connectivity index (χ1v) is 7.17. The van der Waals surface area contributed by atoms with Crippen molar-refractivity contribution in [2.75, 3.05) is 11.5 Å². The summed E-state index contributed by atoms with van der Waals surface area (Å²) in [5, 5.41) is 12.6. The third-order valence-corrected chi connectivity index (χ3v) is 4.30. The number of hydrogen-bond acceptors (Lipinski definition) is 5. The molecule has 19 heavy (non-hydrogen) atoms. The van der Waals surface area contributed by atoms with E-state index in [2.05, 4.69) is 5.10 Å². The van der Waals surface area contributed by atoms with Gasteiger partial charge in [0.1, 0.15) is 0 Å². The van der Waals surface area contributed by atoms with Crippen LogP contribution in [0.25, 0.3) is 0 Å². The number of benzene rings is 1. The summed E-state index contributed by atoms with van der Waals surface area (Å²) < 4.78 is 25.6. The third kappa shape index (κ3) is 3.11. The summed E-state index contributed by atoms with van der Waals surface area (Å²) in [6.07, 6.45) is 3.04. The van der Waals surface area contributed by atoms with Crippen molar-refractivity contribution in [1.82, 2.24) is 9.78 Å². The number of nitrogen functional groups attached to an aromatic ring is 1. The highest BCUT2D eigenvalue weighted by molar-refractivity contribution is 7.91. The fourth-order valence-corrected chi connectivity index (χ4v) is 2.78. The van der Waals surface area contributed by atoms with E-state index in [0.717, 1.165) is 0 Å². The van der Waals surface area contributed by atoms with Crippen molar-refractivity contribution in [2.45, 2.75) is 11.4 Å². The van der Waals surface area contributed by atoms with Gasteiger partial charge >= 0.3 is 0 Å². The van der Waals surface area contributed by atoms with Crippen LogP contribution in [0.4, 0.5) is 5.69 Å². The Balaban J connectivity index is 2.11. The molecule has 0 radical (unpaired) electrons. The molecule has 0 saturated heterocycles. The predicted molar refractivity (Wildman–Crippen MR) is 69.8 cm³/mol. The molecule has 0 unspecified atom stereocenters. The Labute approximate surface area is 111 Å². The lowest BCUT2D eigenvalue weighted by Crippen LogP contribution is -2.13. The van der Waals surface area contributed by atoms with Crippen molar-refractivity contribution in [3.05, 3.63) is 42.2 Å². The number of nitrogens with two attached hydrogens (primary N) is 1. The smallest absolute Gasteiger partial charge is 0.180 e. The largest absolute Gasteiger partial charge is 0.396 e. The average Bonchev–Trinajstić information content (AvgIpc) is 2.82. The maximum absolute atomic E-state index is 12.1. The van der Waals surface area contributed by atoms with E-state index in [0.29, 0.717) is 11.3 Å². The number of nitriles is 1. The Morgan fingerprint density at radius 1 is 1.32 bits per heavy atom. The predicted octanol–water partition coefficient (Wildman–Crippen LogP) is 0.811. The van der Waals surface area contributed by atoms with Crippen molar-refractivity contribution in [3.63, 3.8) is 0 Å². The Hall–Kier alpha value is -2.33.